The van der Waals surface area contributed by atoms with Gasteiger partial charge in [-0.15, -0.1) is 0 Å². The Morgan fingerprint density at radius 3 is 2.57 bits per heavy atom. The Hall–Kier alpha value is -0.716. The van der Waals surface area contributed by atoms with E-state index in [0.29, 0.717) is 0 Å². The first-order chi connectivity index (χ1) is 6.29. The summed E-state index contributed by atoms with van der Waals surface area (Å²) in [6.07, 6.45) is 7.64. The summed E-state index contributed by atoms with van der Waals surface area (Å²) in [6, 6.07) is 6.51. The van der Waals surface area contributed by atoms with E-state index < -0.39 is 0 Å². The van der Waals surface area contributed by atoms with Crippen molar-refractivity contribution in [1.29, 1.82) is 0 Å². The van der Waals surface area contributed by atoms with Gasteiger partial charge in [-0.05, 0) is 42.5 Å². The molecule has 0 fully saturated rings. The quantitative estimate of drug-likeness (QED) is 0.679. The van der Waals surface area contributed by atoms with E-state index in [1.54, 1.807) is 0 Å². The van der Waals surface area contributed by atoms with Crippen LogP contribution in [0.15, 0.2) is 36.4 Å². The van der Waals surface area contributed by atoms with Gasteiger partial charge in [-0.3, -0.25) is 0 Å². The molecule has 14 heavy (non-hydrogen) atoms. The maximum Gasteiger partial charge on any atom is 0 e. The minimum absolute atomic E-state index is 0. The molecule has 0 N–H and O–H groups in total. The molecule has 1 aliphatic rings. The van der Waals surface area contributed by atoms with E-state index in [1.165, 1.54) is 22.3 Å². The maximum absolute atomic E-state index is 2.21. The monoisotopic (exact) mass is 221 g/mol. The Labute approximate surface area is 97.6 Å². The van der Waals surface area contributed by atoms with Crippen molar-refractivity contribution in [1.82, 2.24) is 0 Å². The average molecular weight is 221 g/mol. The summed E-state index contributed by atoms with van der Waals surface area (Å²) in [5.41, 5.74) is 5.65. The van der Waals surface area contributed by atoms with Gasteiger partial charge in [-0.25, -0.2) is 0 Å². The largest absolute Gasteiger partial charge is 0.0801 e. The summed E-state index contributed by atoms with van der Waals surface area (Å²) in [5.74, 6) is 0. The van der Waals surface area contributed by atoms with E-state index >= 15 is 0 Å². The van der Waals surface area contributed by atoms with E-state index in [9.17, 15) is 0 Å². The van der Waals surface area contributed by atoms with Gasteiger partial charge in [0.25, 0.3) is 0 Å². The smallest absolute Gasteiger partial charge is 0 e. The molecule has 1 aromatic rings. The predicted molar refractivity (Wildman–Crippen MR) is 57.7 cm³/mol. The van der Waals surface area contributed by atoms with E-state index in [-0.39, 0.29) is 18.6 Å². The summed E-state index contributed by atoms with van der Waals surface area (Å²) in [4.78, 5) is 0. The molecule has 0 saturated carbocycles. The van der Waals surface area contributed by atoms with Crippen molar-refractivity contribution < 1.29 is 18.6 Å². The number of benzene rings is 1. The maximum atomic E-state index is 2.21. The van der Waals surface area contributed by atoms with Crippen LogP contribution in [0.5, 0.6) is 0 Å². The molecule has 0 aliphatic heterocycles. The molecule has 0 amide bonds. The number of aryl methyl sites for hydroxylation is 1. The Kier molecular flexibility index (Phi) is 3.80. The van der Waals surface area contributed by atoms with Crippen molar-refractivity contribution in [2.75, 3.05) is 0 Å². The predicted octanol–water partition coefficient (Wildman–Crippen LogP) is 3.64. The average Bonchev–Trinajstić information content (AvgIpc) is 2.62. The van der Waals surface area contributed by atoms with Gasteiger partial charge in [-0.1, -0.05) is 36.4 Å². The van der Waals surface area contributed by atoms with Crippen LogP contribution in [-0.4, -0.2) is 0 Å². The van der Waals surface area contributed by atoms with E-state index in [0.717, 1.165) is 6.42 Å². The number of allylic oxidation sites excluding steroid dienone is 4. The fourth-order valence-electron chi connectivity index (χ4n) is 1.75. The molecule has 1 heteroatoms. The molecule has 0 spiro atoms. The SMILES string of the molecule is Cc1cccc(C2=CC=CC2)c1C.[V]. The van der Waals surface area contributed by atoms with Gasteiger partial charge >= 0.3 is 0 Å². The Balaban J connectivity index is 0.000000980. The van der Waals surface area contributed by atoms with E-state index in [1.807, 2.05) is 0 Å². The molecule has 0 atom stereocenters. The van der Waals surface area contributed by atoms with Crippen molar-refractivity contribution in [3.8, 4) is 0 Å². The topological polar surface area (TPSA) is 0 Å². The molecular weight excluding hydrogens is 207 g/mol. The van der Waals surface area contributed by atoms with Gasteiger partial charge in [-0.2, -0.15) is 0 Å². The third-order valence-corrected chi connectivity index (χ3v) is 2.72. The van der Waals surface area contributed by atoms with Gasteiger partial charge in [0.05, 0.1) is 0 Å². The van der Waals surface area contributed by atoms with Crippen molar-refractivity contribution in [3.05, 3.63) is 53.1 Å². The van der Waals surface area contributed by atoms with Crippen molar-refractivity contribution >= 4 is 5.57 Å². The summed E-state index contributed by atoms with van der Waals surface area (Å²) in [5, 5.41) is 0. The van der Waals surface area contributed by atoms with Crippen LogP contribution in [0, 0.1) is 13.8 Å². The van der Waals surface area contributed by atoms with Gasteiger partial charge in [0.1, 0.15) is 0 Å². The molecule has 2 rings (SSSR count). The van der Waals surface area contributed by atoms with Crippen LogP contribution in [-0.2, 0) is 18.6 Å². The van der Waals surface area contributed by atoms with Gasteiger partial charge < -0.3 is 0 Å². The zero-order chi connectivity index (χ0) is 9.26. The number of rotatable bonds is 1. The van der Waals surface area contributed by atoms with Crippen molar-refractivity contribution in [3.63, 3.8) is 0 Å². The van der Waals surface area contributed by atoms with Crippen LogP contribution in [0.4, 0.5) is 0 Å². The van der Waals surface area contributed by atoms with Crippen LogP contribution < -0.4 is 0 Å². The van der Waals surface area contributed by atoms with E-state index in [4.69, 9.17) is 0 Å². The zero-order valence-corrected chi connectivity index (χ0v) is 10.0. The molecule has 1 radical (unpaired) electrons. The minimum atomic E-state index is 0. The summed E-state index contributed by atoms with van der Waals surface area (Å²) in [6.45, 7) is 4.37. The molecule has 0 nitrogen and oxygen atoms in total. The normalized spacial score (nSPS) is 13.7. The first kappa shape index (κ1) is 11.4. The molecule has 0 heterocycles. The third-order valence-electron chi connectivity index (χ3n) is 2.72. The van der Waals surface area contributed by atoms with Crippen molar-refractivity contribution in [2.24, 2.45) is 0 Å². The van der Waals surface area contributed by atoms with Crippen LogP contribution in [0.2, 0.25) is 0 Å². The first-order valence-corrected chi connectivity index (χ1v) is 4.71. The van der Waals surface area contributed by atoms with Gasteiger partial charge in [0, 0.05) is 18.6 Å². The summed E-state index contributed by atoms with van der Waals surface area (Å²) >= 11 is 0. The number of hydrogen-bond donors (Lipinski definition) is 0. The summed E-state index contributed by atoms with van der Waals surface area (Å²) < 4.78 is 0. The standard InChI is InChI=1S/C13H14.V/c1-10-6-5-9-13(11(10)2)12-7-3-4-8-12;/h3-7,9H,8H2,1-2H3;. The minimum Gasteiger partial charge on any atom is -0.0801 e. The third kappa shape index (κ3) is 2.02. The second-order valence-corrected chi connectivity index (χ2v) is 3.57. The van der Waals surface area contributed by atoms with Gasteiger partial charge in [0.2, 0.25) is 0 Å². The van der Waals surface area contributed by atoms with Crippen molar-refractivity contribution in [2.45, 2.75) is 20.3 Å². The molecular formula is C13H14V. The molecule has 71 valence electrons. The van der Waals surface area contributed by atoms with Crippen LogP contribution >= 0.6 is 0 Å². The molecule has 0 saturated heterocycles. The number of hydrogen-bond acceptors (Lipinski definition) is 0. The van der Waals surface area contributed by atoms with E-state index in [2.05, 4.69) is 50.3 Å². The Bertz CT molecular complexity index is 386. The second-order valence-electron chi connectivity index (χ2n) is 3.57. The molecule has 0 bridgehead atoms. The zero-order valence-electron chi connectivity index (χ0n) is 8.62. The molecule has 1 aromatic carbocycles. The van der Waals surface area contributed by atoms with Crippen LogP contribution in [0.3, 0.4) is 0 Å². The molecule has 1 aliphatic carbocycles. The van der Waals surface area contributed by atoms with Crippen LogP contribution in [0.1, 0.15) is 23.1 Å². The van der Waals surface area contributed by atoms with Gasteiger partial charge in [0.15, 0.2) is 0 Å². The molecule has 0 unspecified atom stereocenters. The second kappa shape index (κ2) is 4.68. The summed E-state index contributed by atoms with van der Waals surface area (Å²) in [7, 11) is 0. The first-order valence-electron chi connectivity index (χ1n) is 4.71. The Morgan fingerprint density at radius 2 is 1.93 bits per heavy atom. The fourth-order valence-corrected chi connectivity index (χ4v) is 1.75. The fraction of sp³-hybridized carbons (Fsp3) is 0.231. The molecule has 0 aromatic heterocycles. The van der Waals surface area contributed by atoms with Crippen LogP contribution in [0.25, 0.3) is 5.57 Å². The Morgan fingerprint density at radius 1 is 1.14 bits per heavy atom.